The molecule has 3 aromatic heterocycles. The van der Waals surface area contributed by atoms with Crippen molar-refractivity contribution in [3.8, 4) is 17.0 Å². The lowest BCUT2D eigenvalue weighted by atomic mass is 10.0. The molecular weight excluding hydrogens is 330 g/mol. The van der Waals surface area contributed by atoms with E-state index in [9.17, 15) is 4.79 Å². The SMILES string of the molecule is COc1ccc(C(=O)N2CCC[C@@H]2c2[nH]ncc2-c2ccncc2)cn1. The Morgan fingerprint density at radius 2 is 2.08 bits per heavy atom. The Morgan fingerprint density at radius 1 is 1.23 bits per heavy atom. The van der Waals surface area contributed by atoms with Crippen molar-refractivity contribution in [1.29, 1.82) is 0 Å². The van der Waals surface area contributed by atoms with Gasteiger partial charge in [-0.1, -0.05) is 0 Å². The minimum absolute atomic E-state index is 0.0297. The number of aromatic nitrogens is 4. The number of carbonyl (C=O) groups excluding carboxylic acids is 1. The third-order valence-corrected chi connectivity index (χ3v) is 4.70. The Morgan fingerprint density at radius 3 is 2.81 bits per heavy atom. The summed E-state index contributed by atoms with van der Waals surface area (Å²) in [5, 5.41) is 7.32. The maximum Gasteiger partial charge on any atom is 0.255 e. The number of nitrogens with one attached hydrogen (secondary N) is 1. The molecule has 1 aliphatic heterocycles. The van der Waals surface area contributed by atoms with E-state index in [0.29, 0.717) is 18.0 Å². The summed E-state index contributed by atoms with van der Waals surface area (Å²) >= 11 is 0. The molecular formula is C19H19N5O2. The maximum absolute atomic E-state index is 13.0. The number of ether oxygens (including phenoxy) is 1. The van der Waals surface area contributed by atoms with Crippen molar-refractivity contribution >= 4 is 5.91 Å². The van der Waals surface area contributed by atoms with Crippen molar-refractivity contribution in [1.82, 2.24) is 25.1 Å². The highest BCUT2D eigenvalue weighted by atomic mass is 16.5. The zero-order valence-electron chi connectivity index (χ0n) is 14.4. The second-order valence-electron chi connectivity index (χ2n) is 6.18. The average molecular weight is 349 g/mol. The third-order valence-electron chi connectivity index (χ3n) is 4.70. The van der Waals surface area contributed by atoms with Crippen LogP contribution >= 0.6 is 0 Å². The highest BCUT2D eigenvalue weighted by Crippen LogP contribution is 2.37. The van der Waals surface area contributed by atoms with E-state index in [1.54, 1.807) is 44.0 Å². The predicted molar refractivity (Wildman–Crippen MR) is 95.6 cm³/mol. The van der Waals surface area contributed by atoms with E-state index in [-0.39, 0.29) is 11.9 Å². The van der Waals surface area contributed by atoms with Gasteiger partial charge in [0, 0.05) is 36.8 Å². The monoisotopic (exact) mass is 349 g/mol. The smallest absolute Gasteiger partial charge is 0.255 e. The molecule has 26 heavy (non-hydrogen) atoms. The van der Waals surface area contributed by atoms with Gasteiger partial charge in [0.15, 0.2) is 0 Å². The topological polar surface area (TPSA) is 84.0 Å². The standard InChI is InChI=1S/C19H19N5O2/c1-26-17-5-4-14(11-21-17)19(25)24-10-2-3-16(24)18-15(12-22-23-18)13-6-8-20-9-7-13/h4-9,11-12,16H,2-3,10H2,1H3,(H,22,23)/t16-/m1/s1. The summed E-state index contributed by atoms with van der Waals surface area (Å²) in [6, 6.07) is 7.32. The van der Waals surface area contributed by atoms with Crippen molar-refractivity contribution in [2.75, 3.05) is 13.7 Å². The summed E-state index contributed by atoms with van der Waals surface area (Å²) in [5.74, 6) is 0.464. The molecule has 1 saturated heterocycles. The molecule has 0 bridgehead atoms. The summed E-state index contributed by atoms with van der Waals surface area (Å²) < 4.78 is 5.06. The number of methoxy groups -OCH3 is 1. The van der Waals surface area contributed by atoms with Gasteiger partial charge < -0.3 is 9.64 Å². The van der Waals surface area contributed by atoms with Crippen LogP contribution in [0.4, 0.5) is 0 Å². The van der Waals surface area contributed by atoms with Crippen molar-refractivity contribution in [2.24, 2.45) is 0 Å². The fourth-order valence-electron chi connectivity index (χ4n) is 3.41. The summed E-state index contributed by atoms with van der Waals surface area (Å²) in [6.45, 7) is 0.713. The number of hydrogen-bond donors (Lipinski definition) is 1. The van der Waals surface area contributed by atoms with Crippen molar-refractivity contribution in [3.05, 3.63) is 60.3 Å². The lowest BCUT2D eigenvalue weighted by molar-refractivity contribution is 0.0733. The Kier molecular flexibility index (Phi) is 4.35. The van der Waals surface area contributed by atoms with Gasteiger partial charge in [-0.2, -0.15) is 5.10 Å². The Hall–Kier alpha value is -3.22. The van der Waals surface area contributed by atoms with Gasteiger partial charge in [-0.3, -0.25) is 14.9 Å². The number of amides is 1. The van der Waals surface area contributed by atoms with Crippen LogP contribution in [0.15, 0.2) is 49.1 Å². The van der Waals surface area contributed by atoms with Crippen molar-refractivity contribution in [3.63, 3.8) is 0 Å². The fraction of sp³-hybridized carbons (Fsp3) is 0.263. The van der Waals surface area contributed by atoms with E-state index in [4.69, 9.17) is 4.74 Å². The first-order valence-electron chi connectivity index (χ1n) is 8.52. The predicted octanol–water partition coefficient (Wildman–Crippen LogP) is 2.85. The third kappa shape index (κ3) is 2.92. The van der Waals surface area contributed by atoms with E-state index in [1.807, 2.05) is 17.0 Å². The Labute approximate surface area is 151 Å². The number of nitrogens with zero attached hydrogens (tertiary/aromatic N) is 4. The molecule has 1 fully saturated rings. The molecule has 7 heteroatoms. The summed E-state index contributed by atoms with van der Waals surface area (Å²) in [6.07, 6.45) is 8.73. The van der Waals surface area contributed by atoms with Crippen LogP contribution < -0.4 is 4.74 Å². The largest absolute Gasteiger partial charge is 0.481 e. The molecule has 0 saturated carbocycles. The average Bonchev–Trinajstić information content (AvgIpc) is 3.37. The molecule has 0 aliphatic carbocycles. The van der Waals surface area contributed by atoms with E-state index in [0.717, 1.165) is 29.7 Å². The molecule has 3 aromatic rings. The number of likely N-dealkylation sites (tertiary alicyclic amines) is 1. The molecule has 0 aromatic carbocycles. The normalized spacial score (nSPS) is 16.7. The molecule has 0 unspecified atom stereocenters. The van der Waals surface area contributed by atoms with Gasteiger partial charge in [0.2, 0.25) is 5.88 Å². The Balaban J connectivity index is 1.63. The molecule has 0 spiro atoms. The van der Waals surface area contributed by atoms with Crippen molar-refractivity contribution < 1.29 is 9.53 Å². The van der Waals surface area contributed by atoms with Gasteiger partial charge in [0.1, 0.15) is 0 Å². The highest BCUT2D eigenvalue weighted by Gasteiger charge is 2.33. The van der Waals surface area contributed by atoms with Gasteiger partial charge in [0.25, 0.3) is 5.91 Å². The second kappa shape index (κ2) is 6.95. The summed E-state index contributed by atoms with van der Waals surface area (Å²) in [7, 11) is 1.55. The molecule has 1 aliphatic rings. The minimum atomic E-state index is -0.0322. The maximum atomic E-state index is 13.0. The molecule has 1 N–H and O–H groups in total. The number of H-pyrrole nitrogens is 1. The van der Waals surface area contributed by atoms with Crippen LogP contribution in [0.25, 0.3) is 11.1 Å². The molecule has 7 nitrogen and oxygen atoms in total. The summed E-state index contributed by atoms with van der Waals surface area (Å²) in [5.41, 5.74) is 3.56. The number of aromatic amines is 1. The van der Waals surface area contributed by atoms with Gasteiger partial charge in [0.05, 0.1) is 30.6 Å². The number of rotatable bonds is 4. The lowest BCUT2D eigenvalue weighted by Crippen LogP contribution is -2.31. The first-order chi connectivity index (χ1) is 12.8. The number of carbonyl (C=O) groups is 1. The molecule has 4 heterocycles. The van der Waals surface area contributed by atoms with Gasteiger partial charge >= 0.3 is 0 Å². The zero-order valence-corrected chi connectivity index (χ0v) is 14.4. The van der Waals surface area contributed by atoms with Crippen molar-refractivity contribution in [2.45, 2.75) is 18.9 Å². The number of hydrogen-bond acceptors (Lipinski definition) is 5. The van der Waals surface area contributed by atoms with Crippen LogP contribution in [0.5, 0.6) is 5.88 Å². The van der Waals surface area contributed by atoms with Gasteiger partial charge in [-0.05, 0) is 36.6 Å². The Bertz CT molecular complexity index is 892. The van der Waals surface area contributed by atoms with E-state index in [2.05, 4.69) is 20.2 Å². The van der Waals surface area contributed by atoms with Gasteiger partial charge in [-0.25, -0.2) is 4.98 Å². The molecule has 1 atom stereocenters. The van der Waals surface area contributed by atoms with E-state index < -0.39 is 0 Å². The van der Waals surface area contributed by atoms with Gasteiger partial charge in [-0.15, -0.1) is 0 Å². The van der Waals surface area contributed by atoms with Crippen LogP contribution in [-0.4, -0.2) is 44.6 Å². The fourth-order valence-corrected chi connectivity index (χ4v) is 3.41. The second-order valence-corrected chi connectivity index (χ2v) is 6.18. The zero-order chi connectivity index (χ0) is 17.9. The minimum Gasteiger partial charge on any atom is -0.481 e. The lowest BCUT2D eigenvalue weighted by Gasteiger charge is -2.25. The summed E-state index contributed by atoms with van der Waals surface area (Å²) in [4.78, 5) is 23.1. The molecule has 4 rings (SSSR count). The molecule has 132 valence electrons. The van der Waals surface area contributed by atoms with E-state index >= 15 is 0 Å². The van der Waals surface area contributed by atoms with Crippen LogP contribution in [0.2, 0.25) is 0 Å². The molecule has 0 radical (unpaired) electrons. The van der Waals surface area contributed by atoms with Crippen LogP contribution in [0.3, 0.4) is 0 Å². The first kappa shape index (κ1) is 16.3. The van der Waals surface area contributed by atoms with E-state index in [1.165, 1.54) is 0 Å². The van der Waals surface area contributed by atoms with Crippen LogP contribution in [-0.2, 0) is 0 Å². The van der Waals surface area contributed by atoms with Crippen LogP contribution in [0.1, 0.15) is 34.9 Å². The number of pyridine rings is 2. The van der Waals surface area contributed by atoms with Crippen LogP contribution in [0, 0.1) is 0 Å². The first-order valence-corrected chi connectivity index (χ1v) is 8.52. The highest BCUT2D eigenvalue weighted by molar-refractivity contribution is 5.94. The molecule has 1 amide bonds. The quantitative estimate of drug-likeness (QED) is 0.783.